The van der Waals surface area contributed by atoms with Crippen LogP contribution in [0.3, 0.4) is 0 Å². The van der Waals surface area contributed by atoms with Gasteiger partial charge in [0, 0.05) is 16.7 Å². The van der Waals surface area contributed by atoms with Crippen LogP contribution in [-0.4, -0.2) is 33.0 Å². The van der Waals surface area contributed by atoms with Crippen molar-refractivity contribution in [2.75, 3.05) is 5.73 Å². The summed E-state index contributed by atoms with van der Waals surface area (Å²) < 4.78 is 0. The number of phenolic OH excluding ortho intramolecular Hbond substituents is 1. The molecule has 1 unspecified atom stereocenters. The zero-order valence-corrected chi connectivity index (χ0v) is 19.7. The first kappa shape index (κ1) is 24.5. The maximum absolute atomic E-state index is 12.2. The van der Waals surface area contributed by atoms with Crippen molar-refractivity contribution in [3.05, 3.63) is 60.2 Å². The minimum Gasteiger partial charge on any atom is -0.507 e. The highest BCUT2D eigenvalue weighted by Crippen LogP contribution is 2.32. The van der Waals surface area contributed by atoms with Crippen molar-refractivity contribution in [2.24, 2.45) is 5.41 Å². The van der Waals surface area contributed by atoms with E-state index in [2.05, 4.69) is 27.4 Å². The minimum atomic E-state index is -0.553. The number of ketones is 1. The van der Waals surface area contributed by atoms with E-state index >= 15 is 0 Å². The molecule has 0 aliphatic carbocycles. The number of Topliss-reactive ketones (excluding diaryl/α,β-unsaturated/α-hetero) is 1. The van der Waals surface area contributed by atoms with Crippen LogP contribution >= 0.6 is 0 Å². The molecule has 1 heterocycles. The number of amides is 1. The number of carbonyl (C=O) groups is 2. The Morgan fingerprint density at radius 3 is 2.35 bits per heavy atom. The predicted octanol–water partition coefficient (Wildman–Crippen LogP) is 3.96. The molecule has 0 fully saturated rings. The van der Waals surface area contributed by atoms with Crippen molar-refractivity contribution >= 4 is 17.5 Å². The molecule has 174 valence electrons. The van der Waals surface area contributed by atoms with E-state index in [9.17, 15) is 14.7 Å². The van der Waals surface area contributed by atoms with E-state index in [0.717, 1.165) is 11.1 Å². The van der Waals surface area contributed by atoms with Gasteiger partial charge in [-0.1, -0.05) is 56.9 Å². The van der Waals surface area contributed by atoms with Crippen molar-refractivity contribution in [1.29, 1.82) is 0 Å². The summed E-state index contributed by atoms with van der Waals surface area (Å²) in [6.07, 6.45) is -0.00718. The van der Waals surface area contributed by atoms with Gasteiger partial charge in [0.2, 0.25) is 5.91 Å². The Hall–Kier alpha value is -4.18. The van der Waals surface area contributed by atoms with Crippen molar-refractivity contribution in [3.63, 3.8) is 0 Å². The fraction of sp³-hybridized carbons (Fsp3) is 0.259. The summed E-state index contributed by atoms with van der Waals surface area (Å²) in [5, 5.41) is 21.0. The average Bonchev–Trinajstić information content (AvgIpc) is 2.78. The maximum atomic E-state index is 12.2. The van der Waals surface area contributed by atoms with Crippen LogP contribution in [0.15, 0.2) is 54.6 Å². The third kappa shape index (κ3) is 5.99. The van der Waals surface area contributed by atoms with E-state index in [1.54, 1.807) is 24.3 Å². The third-order valence-corrected chi connectivity index (χ3v) is 5.26. The van der Waals surface area contributed by atoms with Gasteiger partial charge in [-0.2, -0.15) is 0 Å². The molecule has 4 N–H and O–H groups in total. The number of anilines is 1. The fourth-order valence-electron chi connectivity index (χ4n) is 3.55. The Kier molecular flexibility index (Phi) is 7.32. The topological polar surface area (TPSA) is 118 Å². The molecule has 1 aromatic heterocycles. The minimum absolute atomic E-state index is 0.00718. The third-order valence-electron chi connectivity index (χ3n) is 5.26. The zero-order chi connectivity index (χ0) is 24.9. The Morgan fingerprint density at radius 1 is 1.06 bits per heavy atom. The van der Waals surface area contributed by atoms with Gasteiger partial charge in [0.15, 0.2) is 11.6 Å². The van der Waals surface area contributed by atoms with E-state index in [1.165, 1.54) is 6.92 Å². The molecule has 0 aliphatic rings. The van der Waals surface area contributed by atoms with Gasteiger partial charge in [-0.15, -0.1) is 10.2 Å². The number of rotatable bonds is 5. The largest absolute Gasteiger partial charge is 0.507 e. The van der Waals surface area contributed by atoms with Gasteiger partial charge < -0.3 is 16.2 Å². The second-order valence-electron chi connectivity index (χ2n) is 9.08. The number of nitrogens with zero attached hydrogens (tertiary/aromatic N) is 2. The molecular formula is C27H28N4O3. The number of aromatic nitrogens is 2. The van der Waals surface area contributed by atoms with E-state index in [1.807, 2.05) is 51.1 Å². The van der Waals surface area contributed by atoms with Crippen LogP contribution in [0.25, 0.3) is 22.4 Å². The van der Waals surface area contributed by atoms with E-state index < -0.39 is 6.04 Å². The molecule has 7 heteroatoms. The molecule has 7 nitrogen and oxygen atoms in total. The van der Waals surface area contributed by atoms with Crippen LogP contribution in [0.4, 0.5) is 5.82 Å². The number of nitrogens with one attached hydrogen (secondary N) is 1. The molecule has 0 radical (unpaired) electrons. The average molecular weight is 457 g/mol. The smallest absolute Gasteiger partial charge is 0.232 e. The van der Waals surface area contributed by atoms with Crippen LogP contribution in [0, 0.1) is 17.3 Å². The Bertz CT molecular complexity index is 1270. The van der Waals surface area contributed by atoms with E-state index in [-0.39, 0.29) is 35.1 Å². The molecule has 2 aromatic carbocycles. The van der Waals surface area contributed by atoms with Crippen molar-refractivity contribution < 1.29 is 14.7 Å². The number of benzene rings is 2. The number of phenols is 1. The number of nitrogens with two attached hydrogens (primary N) is 1. The van der Waals surface area contributed by atoms with Gasteiger partial charge in [-0.3, -0.25) is 9.59 Å². The molecule has 0 saturated carbocycles. The number of hydrogen-bond donors (Lipinski definition) is 3. The summed E-state index contributed by atoms with van der Waals surface area (Å²) in [5.41, 5.74) is 9.00. The summed E-state index contributed by atoms with van der Waals surface area (Å²) >= 11 is 0. The lowest BCUT2D eigenvalue weighted by atomic mass is 9.84. The Labute approximate surface area is 199 Å². The summed E-state index contributed by atoms with van der Waals surface area (Å²) in [6.45, 7) is 7.19. The van der Waals surface area contributed by atoms with Crippen LogP contribution in [0.2, 0.25) is 0 Å². The molecule has 1 amide bonds. The lowest BCUT2D eigenvalue weighted by molar-refractivity contribution is -0.128. The number of para-hydroxylation sites is 1. The monoisotopic (exact) mass is 456 g/mol. The molecular weight excluding hydrogens is 428 g/mol. The van der Waals surface area contributed by atoms with Gasteiger partial charge in [0.25, 0.3) is 0 Å². The van der Waals surface area contributed by atoms with Crippen LogP contribution in [-0.2, 0) is 9.59 Å². The molecule has 0 saturated heterocycles. The van der Waals surface area contributed by atoms with Crippen LogP contribution in [0.1, 0.15) is 39.7 Å². The first-order chi connectivity index (χ1) is 16.1. The summed E-state index contributed by atoms with van der Waals surface area (Å²) in [5.74, 6) is 5.84. The molecule has 3 aromatic rings. The van der Waals surface area contributed by atoms with Gasteiger partial charge in [0.1, 0.15) is 5.75 Å². The van der Waals surface area contributed by atoms with Crippen LogP contribution in [0.5, 0.6) is 5.75 Å². The Balaban J connectivity index is 1.73. The molecule has 3 rings (SSSR count). The maximum Gasteiger partial charge on any atom is 0.232 e. The standard InChI is InChI=1S/C27H28N4O3/c1-17(32)25(27(2,3)4)29-24(34)11-7-8-18-12-14-19(15-13-18)21-16-22(30-31-26(21)28)20-9-5-6-10-23(20)33/h5-6,9-10,12-16,25,33H,11H2,1-4H3,(H2,28,31)(H,29,34). The number of aromatic hydroxyl groups is 1. The summed E-state index contributed by atoms with van der Waals surface area (Å²) in [6, 6.07) is 15.5. The summed E-state index contributed by atoms with van der Waals surface area (Å²) in [4.78, 5) is 24.1. The lowest BCUT2D eigenvalue weighted by Gasteiger charge is -2.29. The van der Waals surface area contributed by atoms with Crippen LogP contribution < -0.4 is 11.1 Å². The first-order valence-corrected chi connectivity index (χ1v) is 10.9. The summed E-state index contributed by atoms with van der Waals surface area (Å²) in [7, 11) is 0. The van der Waals surface area contributed by atoms with Gasteiger partial charge in [0.05, 0.1) is 18.2 Å². The molecule has 0 aliphatic heterocycles. The lowest BCUT2D eigenvalue weighted by Crippen LogP contribution is -2.48. The second kappa shape index (κ2) is 10.2. The van der Waals surface area contributed by atoms with Gasteiger partial charge >= 0.3 is 0 Å². The zero-order valence-electron chi connectivity index (χ0n) is 19.7. The highest BCUT2D eigenvalue weighted by Gasteiger charge is 2.29. The normalized spacial score (nSPS) is 11.8. The first-order valence-electron chi connectivity index (χ1n) is 10.9. The van der Waals surface area contributed by atoms with Gasteiger partial charge in [-0.05, 0) is 48.2 Å². The SMILES string of the molecule is CC(=O)C(NC(=O)CC#Cc1ccc(-c2cc(-c3ccccc3O)nnc2N)cc1)C(C)(C)C. The van der Waals surface area contributed by atoms with Crippen molar-refractivity contribution in [3.8, 4) is 40.0 Å². The highest BCUT2D eigenvalue weighted by molar-refractivity contribution is 5.89. The molecule has 1 atom stereocenters. The number of carbonyl (C=O) groups excluding carboxylic acids is 2. The van der Waals surface area contributed by atoms with Crippen molar-refractivity contribution in [1.82, 2.24) is 15.5 Å². The number of nitrogen functional groups attached to an aromatic ring is 1. The quantitative estimate of drug-likeness (QED) is 0.500. The highest BCUT2D eigenvalue weighted by atomic mass is 16.3. The predicted molar refractivity (Wildman–Crippen MR) is 133 cm³/mol. The Morgan fingerprint density at radius 2 is 1.74 bits per heavy atom. The fourth-order valence-corrected chi connectivity index (χ4v) is 3.55. The number of hydrogen-bond acceptors (Lipinski definition) is 6. The van der Waals surface area contributed by atoms with E-state index in [4.69, 9.17) is 5.73 Å². The molecule has 0 bridgehead atoms. The molecule has 0 spiro atoms. The second-order valence-corrected chi connectivity index (χ2v) is 9.08. The van der Waals surface area contributed by atoms with E-state index in [0.29, 0.717) is 16.8 Å². The van der Waals surface area contributed by atoms with Crippen molar-refractivity contribution in [2.45, 2.75) is 40.2 Å². The van der Waals surface area contributed by atoms with Gasteiger partial charge in [-0.25, -0.2) is 0 Å². The molecule has 34 heavy (non-hydrogen) atoms.